The lowest BCUT2D eigenvalue weighted by Crippen LogP contribution is -2.45. The summed E-state index contributed by atoms with van der Waals surface area (Å²) < 4.78 is 5.36. The maximum Gasteiger partial charge on any atom is 0.317 e. The second-order valence-electron chi connectivity index (χ2n) is 8.93. The lowest BCUT2D eigenvalue weighted by Gasteiger charge is -2.36. The Morgan fingerprint density at radius 3 is 2.35 bits per heavy atom. The molecule has 1 aliphatic carbocycles. The largest absolute Gasteiger partial charge is 0.494 e. The molecule has 2 aliphatic rings. The van der Waals surface area contributed by atoms with Crippen molar-refractivity contribution >= 4 is 11.8 Å². The Morgan fingerprint density at radius 2 is 1.85 bits per heavy atom. The highest BCUT2D eigenvalue weighted by Crippen LogP contribution is 2.46. The summed E-state index contributed by atoms with van der Waals surface area (Å²) in [6.07, 6.45) is 11.2. The monoisotopic (exact) mass is 364 g/mol. The predicted octanol–water partition coefficient (Wildman–Crippen LogP) is 5.51. The number of hydrogen-bond donors (Lipinski definition) is 1. The van der Waals surface area contributed by atoms with Gasteiger partial charge in [-0.3, -0.25) is 9.59 Å². The van der Waals surface area contributed by atoms with E-state index in [1.165, 1.54) is 0 Å². The van der Waals surface area contributed by atoms with Crippen molar-refractivity contribution < 1.29 is 19.4 Å². The zero-order valence-corrected chi connectivity index (χ0v) is 16.8. The van der Waals surface area contributed by atoms with Crippen molar-refractivity contribution in [1.82, 2.24) is 0 Å². The third-order valence-corrected chi connectivity index (χ3v) is 6.51. The van der Waals surface area contributed by atoms with Crippen LogP contribution in [0.5, 0.6) is 0 Å². The molecule has 26 heavy (non-hydrogen) atoms. The van der Waals surface area contributed by atoms with Crippen LogP contribution in [0.2, 0.25) is 0 Å². The third kappa shape index (κ3) is 4.89. The number of carboxylic acids is 1. The standard InChI is InChI=1S/C22H36O4/c1-4-5-13-21(2,3)14-11-19(23)22(20(24)25,17-8-6-7-9-17)15-10-18-12-16-26-18/h12,17H,4-11,13-16H2,1-3H3,(H,24,25)/t22-/m1/s1. The van der Waals surface area contributed by atoms with Crippen molar-refractivity contribution in [2.45, 2.75) is 91.4 Å². The number of rotatable bonds is 12. The molecule has 1 heterocycles. The molecule has 1 saturated carbocycles. The lowest BCUT2D eigenvalue weighted by atomic mass is 9.66. The van der Waals surface area contributed by atoms with Gasteiger partial charge in [-0.1, -0.05) is 46.5 Å². The van der Waals surface area contributed by atoms with E-state index in [2.05, 4.69) is 20.8 Å². The van der Waals surface area contributed by atoms with Crippen LogP contribution in [0.1, 0.15) is 91.4 Å². The van der Waals surface area contributed by atoms with Crippen molar-refractivity contribution in [3.8, 4) is 0 Å². The number of carbonyl (C=O) groups excluding carboxylic acids is 1. The molecule has 0 aromatic carbocycles. The summed E-state index contributed by atoms with van der Waals surface area (Å²) >= 11 is 0. The van der Waals surface area contributed by atoms with Gasteiger partial charge in [-0.05, 0) is 49.5 Å². The van der Waals surface area contributed by atoms with E-state index in [0.717, 1.165) is 57.1 Å². The van der Waals surface area contributed by atoms with E-state index in [1.54, 1.807) is 0 Å². The van der Waals surface area contributed by atoms with E-state index in [9.17, 15) is 14.7 Å². The summed E-state index contributed by atoms with van der Waals surface area (Å²) in [7, 11) is 0. The van der Waals surface area contributed by atoms with Gasteiger partial charge in [0, 0.05) is 12.8 Å². The van der Waals surface area contributed by atoms with E-state index in [1.807, 2.05) is 6.08 Å². The van der Waals surface area contributed by atoms with Crippen LogP contribution in [0, 0.1) is 16.7 Å². The van der Waals surface area contributed by atoms with Gasteiger partial charge < -0.3 is 9.84 Å². The fourth-order valence-corrected chi connectivity index (χ4v) is 4.54. The highest BCUT2D eigenvalue weighted by Gasteiger charge is 2.52. The fraction of sp³-hybridized carbons (Fsp3) is 0.818. The van der Waals surface area contributed by atoms with Crippen LogP contribution >= 0.6 is 0 Å². The summed E-state index contributed by atoms with van der Waals surface area (Å²) in [5, 5.41) is 10.1. The molecule has 0 bridgehead atoms. The van der Waals surface area contributed by atoms with Gasteiger partial charge in [0.15, 0.2) is 0 Å². The first kappa shape index (κ1) is 21.0. The highest BCUT2D eigenvalue weighted by molar-refractivity contribution is 6.03. The molecule has 1 aliphatic heterocycles. The molecule has 2 rings (SSSR count). The van der Waals surface area contributed by atoms with Gasteiger partial charge >= 0.3 is 5.97 Å². The number of carboxylic acid groups (broad SMARTS) is 1. The van der Waals surface area contributed by atoms with E-state index >= 15 is 0 Å². The summed E-state index contributed by atoms with van der Waals surface area (Å²) in [6, 6.07) is 0. The average molecular weight is 365 g/mol. The van der Waals surface area contributed by atoms with Crippen LogP contribution in [0.4, 0.5) is 0 Å². The molecule has 1 atom stereocenters. The number of ketones is 1. The Hall–Kier alpha value is -1.32. The number of carbonyl (C=O) groups is 2. The van der Waals surface area contributed by atoms with Crippen molar-refractivity contribution in [3.63, 3.8) is 0 Å². The SMILES string of the molecule is CCCCC(C)(C)CCC(=O)[C@](CCC1=CCO1)(C(=O)O)C1CCCC1. The van der Waals surface area contributed by atoms with Crippen LogP contribution in [-0.2, 0) is 14.3 Å². The molecular formula is C22H36O4. The van der Waals surface area contributed by atoms with Gasteiger partial charge in [0.25, 0.3) is 0 Å². The van der Waals surface area contributed by atoms with Gasteiger partial charge in [0.1, 0.15) is 17.8 Å². The van der Waals surface area contributed by atoms with Crippen molar-refractivity contribution in [1.29, 1.82) is 0 Å². The zero-order valence-electron chi connectivity index (χ0n) is 16.8. The number of allylic oxidation sites excluding steroid dienone is 1. The number of aliphatic carboxylic acids is 1. The molecule has 1 N–H and O–H groups in total. The Bertz CT molecular complexity index is 528. The Morgan fingerprint density at radius 1 is 1.19 bits per heavy atom. The molecule has 4 heteroatoms. The Kier molecular flexibility index (Phi) is 7.31. The molecule has 1 fully saturated rings. The molecule has 148 valence electrons. The third-order valence-electron chi connectivity index (χ3n) is 6.51. The number of Topliss-reactive ketones (excluding diaryl/α,β-unsaturated/α-hetero) is 1. The summed E-state index contributed by atoms with van der Waals surface area (Å²) in [4.78, 5) is 25.7. The zero-order chi connectivity index (χ0) is 19.2. The minimum Gasteiger partial charge on any atom is -0.494 e. The normalized spacial score (nSPS) is 20.0. The second kappa shape index (κ2) is 9.05. The maximum atomic E-state index is 13.3. The first-order chi connectivity index (χ1) is 12.3. The Balaban J connectivity index is 2.12. The van der Waals surface area contributed by atoms with Gasteiger partial charge in [0.2, 0.25) is 0 Å². The topological polar surface area (TPSA) is 63.6 Å². The van der Waals surface area contributed by atoms with Crippen LogP contribution in [-0.4, -0.2) is 23.5 Å². The minimum atomic E-state index is -1.23. The van der Waals surface area contributed by atoms with E-state index in [-0.39, 0.29) is 17.1 Å². The molecule has 0 radical (unpaired) electrons. The summed E-state index contributed by atoms with van der Waals surface area (Å²) in [5.41, 5.74) is -1.14. The Labute approximate surface area is 158 Å². The summed E-state index contributed by atoms with van der Waals surface area (Å²) in [6.45, 7) is 7.17. The molecule has 0 spiro atoms. The van der Waals surface area contributed by atoms with Crippen LogP contribution in [0.25, 0.3) is 0 Å². The lowest BCUT2D eigenvalue weighted by molar-refractivity contribution is -0.160. The molecule has 0 aromatic heterocycles. The molecule has 0 saturated heterocycles. The smallest absolute Gasteiger partial charge is 0.317 e. The second-order valence-corrected chi connectivity index (χ2v) is 8.93. The first-order valence-corrected chi connectivity index (χ1v) is 10.4. The van der Waals surface area contributed by atoms with Crippen molar-refractivity contribution in [2.75, 3.05) is 6.61 Å². The molecule has 4 nitrogen and oxygen atoms in total. The first-order valence-electron chi connectivity index (χ1n) is 10.4. The van der Waals surface area contributed by atoms with Crippen LogP contribution in [0.15, 0.2) is 11.8 Å². The van der Waals surface area contributed by atoms with Crippen LogP contribution in [0.3, 0.4) is 0 Å². The van der Waals surface area contributed by atoms with Gasteiger partial charge in [-0.25, -0.2) is 0 Å². The van der Waals surface area contributed by atoms with Gasteiger partial charge in [-0.15, -0.1) is 0 Å². The quantitative estimate of drug-likeness (QED) is 0.464. The minimum absolute atomic E-state index is 0.0214. The van der Waals surface area contributed by atoms with E-state index in [0.29, 0.717) is 25.9 Å². The molecule has 0 unspecified atom stereocenters. The highest BCUT2D eigenvalue weighted by atomic mass is 16.5. The molecule has 0 aromatic rings. The van der Waals surface area contributed by atoms with E-state index < -0.39 is 11.4 Å². The van der Waals surface area contributed by atoms with E-state index in [4.69, 9.17) is 4.74 Å². The summed E-state index contributed by atoms with van der Waals surface area (Å²) in [5.74, 6) is -0.140. The predicted molar refractivity (Wildman–Crippen MR) is 103 cm³/mol. The maximum absolute atomic E-state index is 13.3. The van der Waals surface area contributed by atoms with Crippen molar-refractivity contribution in [3.05, 3.63) is 11.8 Å². The van der Waals surface area contributed by atoms with Crippen molar-refractivity contribution in [2.24, 2.45) is 16.7 Å². The fourth-order valence-electron chi connectivity index (χ4n) is 4.54. The van der Waals surface area contributed by atoms with Gasteiger partial charge in [-0.2, -0.15) is 0 Å². The molecular weight excluding hydrogens is 328 g/mol. The van der Waals surface area contributed by atoms with Gasteiger partial charge in [0.05, 0.1) is 5.76 Å². The average Bonchev–Trinajstić information content (AvgIpc) is 3.07. The number of unbranched alkanes of at least 4 members (excludes halogenated alkanes) is 1. The number of ether oxygens (including phenoxy) is 1. The van der Waals surface area contributed by atoms with Crippen LogP contribution < -0.4 is 0 Å². The number of hydrogen-bond acceptors (Lipinski definition) is 3. The molecule has 0 amide bonds.